The standard InChI is InChI=1S/C12H17N5O/c1-2-6-18-10-5-3-4-9(12(10)13)14-7-11-15-8-16-17-11/h3-5,8,14H,2,6-7,13H2,1H3,(H,15,16,17). The Morgan fingerprint density at radius 1 is 1.44 bits per heavy atom. The molecule has 1 heterocycles. The molecular weight excluding hydrogens is 230 g/mol. The molecule has 6 nitrogen and oxygen atoms in total. The van der Waals surface area contributed by atoms with Crippen molar-refractivity contribution in [3.05, 3.63) is 30.4 Å². The Morgan fingerprint density at radius 3 is 3.06 bits per heavy atom. The average Bonchev–Trinajstić information content (AvgIpc) is 2.89. The molecule has 0 amide bonds. The van der Waals surface area contributed by atoms with Crippen LogP contribution < -0.4 is 15.8 Å². The predicted molar refractivity (Wildman–Crippen MR) is 70.3 cm³/mol. The first-order chi connectivity index (χ1) is 8.81. The number of hydrogen-bond donors (Lipinski definition) is 3. The van der Waals surface area contributed by atoms with Gasteiger partial charge in [0.15, 0.2) is 0 Å². The number of anilines is 2. The number of ether oxygens (including phenoxy) is 1. The topological polar surface area (TPSA) is 88.8 Å². The molecule has 0 aliphatic heterocycles. The number of benzene rings is 1. The highest BCUT2D eigenvalue weighted by atomic mass is 16.5. The fourth-order valence-electron chi connectivity index (χ4n) is 1.53. The number of aromatic amines is 1. The molecule has 0 radical (unpaired) electrons. The van der Waals surface area contributed by atoms with Gasteiger partial charge in [0.25, 0.3) is 0 Å². The lowest BCUT2D eigenvalue weighted by Gasteiger charge is -2.12. The lowest BCUT2D eigenvalue weighted by atomic mass is 10.2. The molecule has 0 saturated heterocycles. The maximum absolute atomic E-state index is 6.03. The summed E-state index contributed by atoms with van der Waals surface area (Å²) in [6.45, 7) is 3.26. The Morgan fingerprint density at radius 2 is 2.33 bits per heavy atom. The highest BCUT2D eigenvalue weighted by Gasteiger charge is 2.06. The van der Waals surface area contributed by atoms with E-state index in [1.54, 1.807) is 0 Å². The highest BCUT2D eigenvalue weighted by Crippen LogP contribution is 2.29. The van der Waals surface area contributed by atoms with Crippen LogP contribution in [-0.2, 0) is 6.54 Å². The summed E-state index contributed by atoms with van der Waals surface area (Å²) in [4.78, 5) is 4.03. The van der Waals surface area contributed by atoms with Crippen LogP contribution >= 0.6 is 0 Å². The molecule has 0 spiro atoms. The summed E-state index contributed by atoms with van der Waals surface area (Å²) in [5, 5.41) is 9.76. The maximum atomic E-state index is 6.03. The molecule has 4 N–H and O–H groups in total. The van der Waals surface area contributed by atoms with E-state index in [0.29, 0.717) is 24.6 Å². The Kier molecular flexibility index (Phi) is 4.01. The molecule has 2 aromatic rings. The third-order valence-corrected chi connectivity index (χ3v) is 2.44. The normalized spacial score (nSPS) is 10.3. The van der Waals surface area contributed by atoms with Crippen LogP contribution in [0.5, 0.6) is 5.75 Å². The third-order valence-electron chi connectivity index (χ3n) is 2.44. The molecule has 0 atom stereocenters. The number of nitrogens with one attached hydrogen (secondary N) is 2. The second-order valence-electron chi connectivity index (χ2n) is 3.85. The zero-order valence-corrected chi connectivity index (χ0v) is 10.3. The summed E-state index contributed by atoms with van der Waals surface area (Å²) in [6.07, 6.45) is 2.43. The SMILES string of the molecule is CCCOc1cccc(NCc2ncn[nH]2)c1N. The average molecular weight is 247 g/mol. The van der Waals surface area contributed by atoms with E-state index in [1.165, 1.54) is 6.33 Å². The Bertz CT molecular complexity index is 483. The van der Waals surface area contributed by atoms with Crippen molar-refractivity contribution in [1.82, 2.24) is 15.2 Å². The van der Waals surface area contributed by atoms with Crippen molar-refractivity contribution in [1.29, 1.82) is 0 Å². The number of para-hydroxylation sites is 1. The van der Waals surface area contributed by atoms with Gasteiger partial charge in [0.05, 0.1) is 24.5 Å². The molecule has 6 heteroatoms. The minimum atomic E-state index is 0.543. The first-order valence-corrected chi connectivity index (χ1v) is 5.90. The molecule has 0 bridgehead atoms. The minimum absolute atomic E-state index is 0.543. The van der Waals surface area contributed by atoms with Gasteiger partial charge in [-0.15, -0.1) is 0 Å². The monoisotopic (exact) mass is 247 g/mol. The smallest absolute Gasteiger partial charge is 0.144 e. The van der Waals surface area contributed by atoms with E-state index < -0.39 is 0 Å². The van der Waals surface area contributed by atoms with E-state index in [9.17, 15) is 0 Å². The molecule has 18 heavy (non-hydrogen) atoms. The summed E-state index contributed by atoms with van der Waals surface area (Å²) in [5.41, 5.74) is 7.48. The van der Waals surface area contributed by atoms with E-state index in [0.717, 1.165) is 17.9 Å². The van der Waals surface area contributed by atoms with Gasteiger partial charge in [-0.1, -0.05) is 13.0 Å². The van der Waals surface area contributed by atoms with Gasteiger partial charge in [-0.05, 0) is 18.6 Å². The fraction of sp³-hybridized carbons (Fsp3) is 0.333. The molecular formula is C12H17N5O. The third kappa shape index (κ3) is 2.91. The van der Waals surface area contributed by atoms with Crippen LogP contribution in [0.25, 0.3) is 0 Å². The zero-order valence-electron chi connectivity index (χ0n) is 10.3. The predicted octanol–water partition coefficient (Wildman–Crippen LogP) is 1.79. The van der Waals surface area contributed by atoms with Crippen molar-refractivity contribution in [3.63, 3.8) is 0 Å². The first-order valence-electron chi connectivity index (χ1n) is 5.90. The molecule has 1 aromatic heterocycles. The largest absolute Gasteiger partial charge is 0.491 e. The Hall–Kier alpha value is -2.24. The number of H-pyrrole nitrogens is 1. The van der Waals surface area contributed by atoms with Crippen molar-refractivity contribution in [3.8, 4) is 5.75 Å². The van der Waals surface area contributed by atoms with Crippen molar-refractivity contribution >= 4 is 11.4 Å². The highest BCUT2D eigenvalue weighted by molar-refractivity contribution is 5.72. The number of aromatic nitrogens is 3. The zero-order chi connectivity index (χ0) is 12.8. The van der Waals surface area contributed by atoms with Crippen molar-refractivity contribution < 1.29 is 4.74 Å². The van der Waals surface area contributed by atoms with Gasteiger partial charge in [0.2, 0.25) is 0 Å². The Balaban J connectivity index is 2.03. The number of nitrogens with zero attached hydrogens (tertiary/aromatic N) is 2. The van der Waals surface area contributed by atoms with Gasteiger partial charge in [-0.2, -0.15) is 5.10 Å². The molecule has 1 aromatic carbocycles. The number of nitrogens with two attached hydrogens (primary N) is 1. The van der Waals surface area contributed by atoms with Crippen LogP contribution in [0.1, 0.15) is 19.2 Å². The van der Waals surface area contributed by atoms with Gasteiger partial charge in [0, 0.05) is 0 Å². The summed E-state index contributed by atoms with van der Waals surface area (Å²) in [6, 6.07) is 5.68. The minimum Gasteiger partial charge on any atom is -0.491 e. The van der Waals surface area contributed by atoms with Crippen LogP contribution in [0.15, 0.2) is 24.5 Å². The van der Waals surface area contributed by atoms with Crippen molar-refractivity contribution in [2.24, 2.45) is 0 Å². The molecule has 0 aliphatic rings. The van der Waals surface area contributed by atoms with Crippen LogP contribution in [0.2, 0.25) is 0 Å². The lowest BCUT2D eigenvalue weighted by Crippen LogP contribution is -2.06. The first kappa shape index (κ1) is 12.2. The van der Waals surface area contributed by atoms with Crippen molar-refractivity contribution in [2.45, 2.75) is 19.9 Å². The van der Waals surface area contributed by atoms with Gasteiger partial charge in [-0.25, -0.2) is 4.98 Å². The summed E-state index contributed by atoms with van der Waals surface area (Å²) in [5.74, 6) is 1.47. The van der Waals surface area contributed by atoms with E-state index in [4.69, 9.17) is 10.5 Å². The molecule has 0 saturated carbocycles. The molecule has 0 unspecified atom stereocenters. The molecule has 0 aliphatic carbocycles. The van der Waals surface area contributed by atoms with E-state index in [-0.39, 0.29) is 0 Å². The quantitative estimate of drug-likeness (QED) is 0.677. The van der Waals surface area contributed by atoms with E-state index >= 15 is 0 Å². The number of hydrogen-bond acceptors (Lipinski definition) is 5. The molecule has 2 rings (SSSR count). The second-order valence-corrected chi connectivity index (χ2v) is 3.85. The maximum Gasteiger partial charge on any atom is 0.144 e. The number of nitrogen functional groups attached to an aromatic ring is 1. The number of rotatable bonds is 6. The van der Waals surface area contributed by atoms with Crippen LogP contribution in [-0.4, -0.2) is 21.8 Å². The van der Waals surface area contributed by atoms with Gasteiger partial charge < -0.3 is 15.8 Å². The van der Waals surface area contributed by atoms with Crippen molar-refractivity contribution in [2.75, 3.05) is 17.7 Å². The fourth-order valence-corrected chi connectivity index (χ4v) is 1.53. The summed E-state index contributed by atoms with van der Waals surface area (Å²) >= 11 is 0. The Labute approximate surface area is 106 Å². The molecule has 96 valence electrons. The van der Waals surface area contributed by atoms with Gasteiger partial charge in [0.1, 0.15) is 17.9 Å². The summed E-state index contributed by atoms with van der Waals surface area (Å²) < 4.78 is 5.56. The van der Waals surface area contributed by atoms with Crippen LogP contribution in [0.3, 0.4) is 0 Å². The second kappa shape index (κ2) is 5.90. The molecule has 0 fully saturated rings. The van der Waals surface area contributed by atoms with Crippen LogP contribution in [0.4, 0.5) is 11.4 Å². The van der Waals surface area contributed by atoms with E-state index in [2.05, 4.69) is 27.4 Å². The van der Waals surface area contributed by atoms with Gasteiger partial charge in [-0.3, -0.25) is 5.10 Å². The summed E-state index contributed by atoms with van der Waals surface area (Å²) in [7, 11) is 0. The van der Waals surface area contributed by atoms with E-state index in [1.807, 2.05) is 18.2 Å². The lowest BCUT2D eigenvalue weighted by molar-refractivity contribution is 0.319. The van der Waals surface area contributed by atoms with Crippen LogP contribution in [0, 0.1) is 0 Å². The van der Waals surface area contributed by atoms with Gasteiger partial charge >= 0.3 is 0 Å².